The number of nitrogens with two attached hydrogens (primary N) is 1. The number of methoxy groups -OCH3 is 2. The van der Waals surface area contributed by atoms with Crippen LogP contribution in [0.1, 0.15) is 38.2 Å². The van der Waals surface area contributed by atoms with E-state index in [1.165, 1.54) is 0 Å². The van der Waals surface area contributed by atoms with E-state index in [2.05, 4.69) is 5.32 Å². The van der Waals surface area contributed by atoms with Crippen molar-refractivity contribution in [1.29, 1.82) is 0 Å². The highest BCUT2D eigenvalue weighted by atomic mass is 16.5. The van der Waals surface area contributed by atoms with Gasteiger partial charge >= 0.3 is 0 Å². The number of carbonyl (C=O) groups is 2. The topological polar surface area (TPSA) is 93.9 Å². The van der Waals surface area contributed by atoms with Gasteiger partial charge in [0, 0.05) is 20.0 Å². The van der Waals surface area contributed by atoms with Crippen molar-refractivity contribution in [3.63, 3.8) is 0 Å². The van der Waals surface area contributed by atoms with E-state index in [0.29, 0.717) is 37.4 Å². The molecule has 0 fully saturated rings. The van der Waals surface area contributed by atoms with Crippen LogP contribution in [0.5, 0.6) is 11.5 Å². The number of carbonyl (C=O) groups excluding carboxylic acids is 2. The van der Waals surface area contributed by atoms with Gasteiger partial charge in [0.1, 0.15) is 6.04 Å². The molecule has 27 heavy (non-hydrogen) atoms. The third-order valence-electron chi connectivity index (χ3n) is 4.42. The first kappa shape index (κ1) is 22.8. The maximum Gasteiger partial charge on any atom is 0.244 e. The summed E-state index contributed by atoms with van der Waals surface area (Å²) in [4.78, 5) is 26.0. The number of hydrogen-bond donors (Lipinski definition) is 2. The standard InChI is InChI=1S/C20H33N3O4/c1-15(22-19(24)8-6-5-7-12-21)20(25)23(2)13-11-16-9-10-17(26-3)18(14-16)27-4/h9-10,14-15H,5-8,11-13,21H2,1-4H3,(H,22,24). The lowest BCUT2D eigenvalue weighted by atomic mass is 10.1. The molecule has 1 aromatic rings. The van der Waals surface area contributed by atoms with Gasteiger partial charge in [-0.3, -0.25) is 9.59 Å². The summed E-state index contributed by atoms with van der Waals surface area (Å²) < 4.78 is 10.5. The van der Waals surface area contributed by atoms with Gasteiger partial charge in [-0.15, -0.1) is 0 Å². The summed E-state index contributed by atoms with van der Waals surface area (Å²) in [5, 5.41) is 2.77. The van der Waals surface area contributed by atoms with Crippen molar-refractivity contribution in [3.8, 4) is 11.5 Å². The Labute approximate surface area is 162 Å². The summed E-state index contributed by atoms with van der Waals surface area (Å²) in [6.45, 7) is 2.90. The summed E-state index contributed by atoms with van der Waals surface area (Å²) in [6, 6.07) is 5.17. The number of rotatable bonds is 12. The fraction of sp³-hybridized carbons (Fsp3) is 0.600. The molecule has 0 bridgehead atoms. The third kappa shape index (κ3) is 7.86. The molecule has 2 amide bonds. The molecule has 152 valence electrons. The van der Waals surface area contributed by atoms with Gasteiger partial charge in [-0.25, -0.2) is 0 Å². The van der Waals surface area contributed by atoms with E-state index in [1.54, 1.807) is 33.1 Å². The van der Waals surface area contributed by atoms with Crippen molar-refractivity contribution in [2.45, 2.75) is 45.1 Å². The van der Waals surface area contributed by atoms with Crippen molar-refractivity contribution < 1.29 is 19.1 Å². The molecule has 3 N–H and O–H groups in total. The summed E-state index contributed by atoms with van der Waals surface area (Å²) >= 11 is 0. The van der Waals surface area contributed by atoms with Crippen LogP contribution in [0, 0.1) is 0 Å². The molecule has 0 saturated carbocycles. The van der Waals surface area contributed by atoms with Crippen LogP contribution < -0.4 is 20.5 Å². The van der Waals surface area contributed by atoms with Crippen LogP contribution in [0.2, 0.25) is 0 Å². The number of unbranched alkanes of at least 4 members (excludes halogenated alkanes) is 2. The van der Waals surface area contributed by atoms with Gasteiger partial charge in [0.25, 0.3) is 0 Å². The molecule has 1 atom stereocenters. The maximum absolute atomic E-state index is 12.4. The van der Waals surface area contributed by atoms with E-state index in [1.807, 2.05) is 18.2 Å². The molecule has 1 unspecified atom stereocenters. The maximum atomic E-state index is 12.4. The highest BCUT2D eigenvalue weighted by Crippen LogP contribution is 2.27. The molecule has 7 nitrogen and oxygen atoms in total. The number of hydrogen-bond acceptors (Lipinski definition) is 5. The molecule has 1 rings (SSSR count). The average Bonchev–Trinajstić information content (AvgIpc) is 2.68. The van der Waals surface area contributed by atoms with E-state index < -0.39 is 6.04 Å². The predicted molar refractivity (Wildman–Crippen MR) is 106 cm³/mol. The van der Waals surface area contributed by atoms with Crippen LogP contribution in [-0.4, -0.2) is 57.1 Å². The van der Waals surface area contributed by atoms with Gasteiger partial charge < -0.3 is 25.4 Å². The van der Waals surface area contributed by atoms with Crippen LogP contribution in [-0.2, 0) is 16.0 Å². The van der Waals surface area contributed by atoms with Gasteiger partial charge in [0.05, 0.1) is 14.2 Å². The second-order valence-corrected chi connectivity index (χ2v) is 6.59. The summed E-state index contributed by atoms with van der Waals surface area (Å²) in [5.41, 5.74) is 6.48. The monoisotopic (exact) mass is 379 g/mol. The molecule has 0 aromatic heterocycles. The van der Waals surface area contributed by atoms with Crippen LogP contribution in [0.3, 0.4) is 0 Å². The lowest BCUT2D eigenvalue weighted by Gasteiger charge is -2.22. The minimum Gasteiger partial charge on any atom is -0.493 e. The largest absolute Gasteiger partial charge is 0.493 e. The zero-order valence-electron chi connectivity index (χ0n) is 16.9. The highest BCUT2D eigenvalue weighted by molar-refractivity contribution is 5.87. The number of likely N-dealkylation sites (N-methyl/N-ethyl adjacent to an activating group) is 1. The number of amides is 2. The first-order chi connectivity index (χ1) is 12.9. The first-order valence-electron chi connectivity index (χ1n) is 9.38. The molecule has 0 saturated heterocycles. The van der Waals surface area contributed by atoms with Gasteiger partial charge in [-0.05, 0) is 50.4 Å². The molecule has 0 heterocycles. The van der Waals surface area contributed by atoms with Gasteiger partial charge in [-0.1, -0.05) is 12.5 Å². The number of nitrogens with one attached hydrogen (secondary N) is 1. The molecular weight excluding hydrogens is 346 g/mol. The van der Waals surface area contributed by atoms with E-state index in [4.69, 9.17) is 15.2 Å². The fourth-order valence-electron chi connectivity index (χ4n) is 2.76. The molecule has 0 aliphatic carbocycles. The number of nitrogens with zero attached hydrogens (tertiary/aromatic N) is 1. The van der Waals surface area contributed by atoms with Crippen molar-refractivity contribution in [2.24, 2.45) is 5.73 Å². The van der Waals surface area contributed by atoms with Gasteiger partial charge in [0.15, 0.2) is 11.5 Å². The van der Waals surface area contributed by atoms with E-state index in [9.17, 15) is 9.59 Å². The predicted octanol–water partition coefficient (Wildman–Crippen LogP) is 1.73. The van der Waals surface area contributed by atoms with Crippen LogP contribution >= 0.6 is 0 Å². The van der Waals surface area contributed by atoms with Crippen molar-refractivity contribution in [1.82, 2.24) is 10.2 Å². The smallest absolute Gasteiger partial charge is 0.244 e. The van der Waals surface area contributed by atoms with Crippen LogP contribution in [0.15, 0.2) is 18.2 Å². The summed E-state index contributed by atoms with van der Waals surface area (Å²) in [7, 11) is 4.93. The molecule has 0 radical (unpaired) electrons. The lowest BCUT2D eigenvalue weighted by molar-refractivity contribution is -0.134. The quantitative estimate of drug-likeness (QED) is 0.540. The Balaban J connectivity index is 2.45. The Morgan fingerprint density at radius 2 is 1.85 bits per heavy atom. The zero-order chi connectivity index (χ0) is 20.2. The molecular formula is C20H33N3O4. The minimum absolute atomic E-state index is 0.0961. The second-order valence-electron chi connectivity index (χ2n) is 6.59. The fourth-order valence-corrected chi connectivity index (χ4v) is 2.76. The SMILES string of the molecule is COc1ccc(CCN(C)C(=O)C(C)NC(=O)CCCCCN)cc1OC. The Morgan fingerprint density at radius 1 is 1.15 bits per heavy atom. The Hall–Kier alpha value is -2.28. The zero-order valence-corrected chi connectivity index (χ0v) is 16.9. The van der Waals surface area contributed by atoms with Crippen LogP contribution in [0.25, 0.3) is 0 Å². The van der Waals surface area contributed by atoms with Crippen molar-refractivity contribution >= 4 is 11.8 Å². The Bertz CT molecular complexity index is 607. The van der Waals surface area contributed by atoms with Crippen LogP contribution in [0.4, 0.5) is 0 Å². The molecule has 1 aromatic carbocycles. The minimum atomic E-state index is -0.539. The Kier molecular flexibility index (Phi) is 10.3. The highest BCUT2D eigenvalue weighted by Gasteiger charge is 2.19. The van der Waals surface area contributed by atoms with Gasteiger partial charge in [-0.2, -0.15) is 0 Å². The first-order valence-corrected chi connectivity index (χ1v) is 9.38. The molecule has 0 spiro atoms. The van der Waals surface area contributed by atoms with Crippen molar-refractivity contribution in [2.75, 3.05) is 34.4 Å². The van der Waals surface area contributed by atoms with E-state index in [0.717, 1.165) is 24.8 Å². The normalized spacial score (nSPS) is 11.6. The number of benzene rings is 1. The van der Waals surface area contributed by atoms with E-state index in [-0.39, 0.29) is 11.8 Å². The number of ether oxygens (including phenoxy) is 2. The summed E-state index contributed by atoms with van der Waals surface area (Å²) in [6.07, 6.45) is 3.74. The van der Waals surface area contributed by atoms with Crippen molar-refractivity contribution in [3.05, 3.63) is 23.8 Å². The summed E-state index contributed by atoms with van der Waals surface area (Å²) in [5.74, 6) is 1.14. The average molecular weight is 380 g/mol. The Morgan fingerprint density at radius 3 is 2.48 bits per heavy atom. The third-order valence-corrected chi connectivity index (χ3v) is 4.42. The molecule has 0 aliphatic heterocycles. The molecule has 7 heteroatoms. The lowest BCUT2D eigenvalue weighted by Crippen LogP contribution is -2.46. The molecule has 0 aliphatic rings. The van der Waals surface area contributed by atoms with E-state index >= 15 is 0 Å². The second kappa shape index (κ2) is 12.2. The van der Waals surface area contributed by atoms with Gasteiger partial charge in [0.2, 0.25) is 11.8 Å².